The molecule has 0 radical (unpaired) electrons. The van der Waals surface area contributed by atoms with Gasteiger partial charge in [-0.2, -0.15) is 0 Å². The van der Waals surface area contributed by atoms with Crippen LogP contribution in [0.25, 0.3) is 0 Å². The number of hydrogen-bond acceptors (Lipinski definition) is 2. The van der Waals surface area contributed by atoms with Gasteiger partial charge in [0.05, 0.1) is 12.2 Å². The van der Waals surface area contributed by atoms with Crippen molar-refractivity contribution in [3.05, 3.63) is 53.1 Å². The molecule has 0 saturated heterocycles. The molecule has 0 bridgehead atoms. The predicted octanol–water partition coefficient (Wildman–Crippen LogP) is 1.98. The molecule has 0 aliphatic rings. The quantitative estimate of drug-likeness (QED) is 0.887. The lowest BCUT2D eigenvalue weighted by Gasteiger charge is -2.10. The molecular formula is C12H13F2N3. The average molecular weight is 237 g/mol. The van der Waals surface area contributed by atoms with E-state index < -0.39 is 11.6 Å². The van der Waals surface area contributed by atoms with Crippen LogP contribution in [0.1, 0.15) is 17.1 Å². The molecule has 0 saturated carbocycles. The van der Waals surface area contributed by atoms with Gasteiger partial charge in [-0.15, -0.1) is 0 Å². The summed E-state index contributed by atoms with van der Waals surface area (Å²) >= 11 is 0. The van der Waals surface area contributed by atoms with Crippen molar-refractivity contribution in [3.8, 4) is 0 Å². The van der Waals surface area contributed by atoms with Crippen LogP contribution in [0.2, 0.25) is 0 Å². The molecule has 1 aromatic heterocycles. The highest BCUT2D eigenvalue weighted by Crippen LogP contribution is 2.14. The van der Waals surface area contributed by atoms with E-state index in [2.05, 4.69) is 4.98 Å². The van der Waals surface area contributed by atoms with Crippen molar-refractivity contribution < 1.29 is 8.78 Å². The standard InChI is InChI=1S/C12H13F2N3/c1-8-16-6-11(5-15)17(8)7-9-4-10(13)2-3-12(9)14/h2-4,6H,5,7,15H2,1H3. The fourth-order valence-corrected chi connectivity index (χ4v) is 1.73. The maximum Gasteiger partial charge on any atom is 0.128 e. The van der Waals surface area contributed by atoms with E-state index in [-0.39, 0.29) is 6.54 Å². The minimum absolute atomic E-state index is 0.238. The molecule has 1 heterocycles. The minimum Gasteiger partial charge on any atom is -0.326 e. The van der Waals surface area contributed by atoms with Gasteiger partial charge < -0.3 is 10.3 Å². The summed E-state index contributed by atoms with van der Waals surface area (Å²) in [6.07, 6.45) is 1.65. The number of aryl methyl sites for hydroxylation is 1. The molecule has 0 spiro atoms. The third-order valence-corrected chi connectivity index (χ3v) is 2.68. The van der Waals surface area contributed by atoms with Crippen LogP contribution >= 0.6 is 0 Å². The predicted molar refractivity (Wildman–Crippen MR) is 60.3 cm³/mol. The van der Waals surface area contributed by atoms with Crippen LogP contribution in [-0.4, -0.2) is 9.55 Å². The number of halogens is 2. The Hall–Kier alpha value is -1.75. The third-order valence-electron chi connectivity index (χ3n) is 2.68. The number of nitrogens with two attached hydrogens (primary N) is 1. The molecule has 1 aromatic carbocycles. The molecule has 2 N–H and O–H groups in total. The summed E-state index contributed by atoms with van der Waals surface area (Å²) < 4.78 is 28.3. The molecule has 0 unspecified atom stereocenters. The summed E-state index contributed by atoms with van der Waals surface area (Å²) in [6, 6.07) is 3.41. The Balaban J connectivity index is 2.37. The molecule has 0 amide bonds. The summed E-state index contributed by atoms with van der Waals surface area (Å²) in [6.45, 7) is 2.36. The van der Waals surface area contributed by atoms with Gasteiger partial charge in [-0.1, -0.05) is 0 Å². The van der Waals surface area contributed by atoms with Crippen molar-refractivity contribution in [3.63, 3.8) is 0 Å². The smallest absolute Gasteiger partial charge is 0.128 e. The molecule has 2 aromatic rings. The number of benzene rings is 1. The molecule has 17 heavy (non-hydrogen) atoms. The van der Waals surface area contributed by atoms with Gasteiger partial charge in [-0.25, -0.2) is 13.8 Å². The zero-order chi connectivity index (χ0) is 12.4. The van der Waals surface area contributed by atoms with E-state index in [1.165, 1.54) is 6.07 Å². The largest absolute Gasteiger partial charge is 0.326 e. The van der Waals surface area contributed by atoms with E-state index in [0.29, 0.717) is 12.1 Å². The van der Waals surface area contributed by atoms with Crippen LogP contribution in [0.3, 0.4) is 0 Å². The van der Waals surface area contributed by atoms with Gasteiger partial charge in [0.1, 0.15) is 17.5 Å². The van der Waals surface area contributed by atoms with E-state index >= 15 is 0 Å². The second-order valence-corrected chi connectivity index (χ2v) is 3.82. The first-order valence-electron chi connectivity index (χ1n) is 5.27. The van der Waals surface area contributed by atoms with Gasteiger partial charge in [0, 0.05) is 18.3 Å². The van der Waals surface area contributed by atoms with E-state index in [9.17, 15) is 8.78 Å². The summed E-state index contributed by atoms with van der Waals surface area (Å²) in [4.78, 5) is 4.10. The van der Waals surface area contributed by atoms with Crippen LogP contribution in [0.4, 0.5) is 8.78 Å². The molecule has 0 fully saturated rings. The Bertz CT molecular complexity index is 535. The molecular weight excluding hydrogens is 224 g/mol. The van der Waals surface area contributed by atoms with Crippen molar-refractivity contribution in [1.29, 1.82) is 0 Å². The Kier molecular flexibility index (Phi) is 3.19. The number of rotatable bonds is 3. The maximum atomic E-state index is 13.5. The molecule has 0 aliphatic carbocycles. The number of imidazole rings is 1. The van der Waals surface area contributed by atoms with Crippen LogP contribution in [-0.2, 0) is 13.1 Å². The van der Waals surface area contributed by atoms with E-state index in [4.69, 9.17) is 5.73 Å². The van der Waals surface area contributed by atoms with Gasteiger partial charge in [0.25, 0.3) is 0 Å². The lowest BCUT2D eigenvalue weighted by Crippen LogP contribution is -2.11. The molecule has 2 rings (SSSR count). The van der Waals surface area contributed by atoms with Gasteiger partial charge in [0.15, 0.2) is 0 Å². The minimum atomic E-state index is -0.450. The Labute approximate surface area is 97.9 Å². The Morgan fingerprint density at radius 3 is 2.82 bits per heavy atom. The average Bonchev–Trinajstić information content (AvgIpc) is 2.65. The van der Waals surface area contributed by atoms with Gasteiger partial charge in [-0.05, 0) is 25.1 Å². The molecule has 5 heteroatoms. The summed E-state index contributed by atoms with van der Waals surface area (Å²) in [7, 11) is 0. The fraction of sp³-hybridized carbons (Fsp3) is 0.250. The molecule has 90 valence electrons. The second kappa shape index (κ2) is 4.63. The molecule has 3 nitrogen and oxygen atoms in total. The zero-order valence-corrected chi connectivity index (χ0v) is 9.45. The lowest BCUT2D eigenvalue weighted by molar-refractivity contribution is 0.571. The normalized spacial score (nSPS) is 10.8. The fourth-order valence-electron chi connectivity index (χ4n) is 1.73. The number of nitrogens with zero attached hydrogens (tertiary/aromatic N) is 2. The Morgan fingerprint density at radius 2 is 2.12 bits per heavy atom. The maximum absolute atomic E-state index is 13.5. The van der Waals surface area contributed by atoms with Gasteiger partial charge in [-0.3, -0.25) is 0 Å². The molecule has 0 atom stereocenters. The topological polar surface area (TPSA) is 43.8 Å². The van der Waals surface area contributed by atoms with Crippen LogP contribution in [0.15, 0.2) is 24.4 Å². The highest BCUT2D eigenvalue weighted by molar-refractivity contribution is 5.20. The third kappa shape index (κ3) is 2.34. The first kappa shape index (κ1) is 11.7. The lowest BCUT2D eigenvalue weighted by atomic mass is 10.2. The summed E-state index contributed by atoms with van der Waals surface area (Å²) in [5.41, 5.74) is 6.65. The first-order chi connectivity index (χ1) is 8.11. The second-order valence-electron chi connectivity index (χ2n) is 3.82. The monoisotopic (exact) mass is 237 g/mol. The SMILES string of the molecule is Cc1ncc(CN)n1Cc1cc(F)ccc1F. The zero-order valence-electron chi connectivity index (χ0n) is 9.45. The van der Waals surface area contributed by atoms with Crippen molar-refractivity contribution in [2.45, 2.75) is 20.0 Å². The van der Waals surface area contributed by atoms with Gasteiger partial charge in [0.2, 0.25) is 0 Å². The first-order valence-corrected chi connectivity index (χ1v) is 5.27. The highest BCUT2D eigenvalue weighted by Gasteiger charge is 2.09. The van der Waals surface area contributed by atoms with Gasteiger partial charge >= 0.3 is 0 Å². The van der Waals surface area contributed by atoms with Crippen LogP contribution in [0.5, 0.6) is 0 Å². The van der Waals surface area contributed by atoms with Crippen molar-refractivity contribution >= 4 is 0 Å². The van der Waals surface area contributed by atoms with Crippen LogP contribution < -0.4 is 5.73 Å². The van der Waals surface area contributed by atoms with Crippen molar-refractivity contribution in [2.24, 2.45) is 5.73 Å². The van der Waals surface area contributed by atoms with Crippen LogP contribution in [0, 0.1) is 18.6 Å². The van der Waals surface area contributed by atoms with E-state index in [1.807, 2.05) is 0 Å². The van der Waals surface area contributed by atoms with E-state index in [0.717, 1.165) is 23.7 Å². The number of aromatic nitrogens is 2. The summed E-state index contributed by atoms with van der Waals surface area (Å²) in [5.74, 6) is -0.148. The highest BCUT2D eigenvalue weighted by atomic mass is 19.1. The molecule has 0 aliphatic heterocycles. The number of hydrogen-bond donors (Lipinski definition) is 1. The van der Waals surface area contributed by atoms with E-state index in [1.54, 1.807) is 17.7 Å². The Morgan fingerprint density at radius 1 is 1.35 bits per heavy atom. The van der Waals surface area contributed by atoms with Crippen molar-refractivity contribution in [2.75, 3.05) is 0 Å². The van der Waals surface area contributed by atoms with Crippen molar-refractivity contribution in [1.82, 2.24) is 9.55 Å². The summed E-state index contributed by atoms with van der Waals surface area (Å²) in [5, 5.41) is 0.